The van der Waals surface area contributed by atoms with Gasteiger partial charge in [-0.3, -0.25) is 0 Å². The number of rotatable bonds is 3. The molecule has 0 saturated carbocycles. The molecule has 0 aromatic carbocycles. The summed E-state index contributed by atoms with van der Waals surface area (Å²) in [6.07, 6.45) is 4.17. The standard InChI is InChI=1S/C8H8N4O/c1-2-13-6-12-8-7(5-9)10-3-4-11-8/h3-4,6H,2H2,1H3. The minimum Gasteiger partial charge on any atom is -0.483 e. The Morgan fingerprint density at radius 3 is 3.08 bits per heavy atom. The zero-order valence-electron chi connectivity index (χ0n) is 7.14. The highest BCUT2D eigenvalue weighted by atomic mass is 16.5. The van der Waals surface area contributed by atoms with Gasteiger partial charge in [-0.15, -0.1) is 0 Å². The van der Waals surface area contributed by atoms with Crippen molar-refractivity contribution in [3.05, 3.63) is 18.1 Å². The summed E-state index contributed by atoms with van der Waals surface area (Å²) in [5, 5.41) is 8.61. The third-order valence-corrected chi connectivity index (χ3v) is 1.20. The second-order valence-electron chi connectivity index (χ2n) is 2.03. The minimum absolute atomic E-state index is 0.193. The SMILES string of the molecule is CCOC=Nc1nccnc1C#N. The molecule has 5 nitrogen and oxygen atoms in total. The summed E-state index contributed by atoms with van der Waals surface area (Å²) in [4.78, 5) is 11.5. The molecule has 0 fully saturated rings. The molecule has 0 spiro atoms. The van der Waals surface area contributed by atoms with Gasteiger partial charge >= 0.3 is 0 Å². The van der Waals surface area contributed by atoms with E-state index >= 15 is 0 Å². The van der Waals surface area contributed by atoms with E-state index in [0.29, 0.717) is 6.61 Å². The highest BCUT2D eigenvalue weighted by molar-refractivity contribution is 5.56. The van der Waals surface area contributed by atoms with E-state index < -0.39 is 0 Å². The van der Waals surface area contributed by atoms with E-state index in [1.54, 1.807) is 0 Å². The molecule has 0 atom stereocenters. The maximum Gasteiger partial charge on any atom is 0.192 e. The molecule has 1 rings (SSSR count). The summed E-state index contributed by atoms with van der Waals surface area (Å²) in [5.41, 5.74) is 0.193. The van der Waals surface area contributed by atoms with E-state index in [0.717, 1.165) is 0 Å². The predicted octanol–water partition coefficient (Wildman–Crippen LogP) is 1.04. The fourth-order valence-electron chi connectivity index (χ4n) is 0.666. The Morgan fingerprint density at radius 2 is 2.38 bits per heavy atom. The number of ether oxygens (including phenoxy) is 1. The average molecular weight is 176 g/mol. The van der Waals surface area contributed by atoms with Crippen molar-refractivity contribution >= 4 is 12.2 Å². The molecule has 0 N–H and O–H groups in total. The van der Waals surface area contributed by atoms with Crippen LogP contribution in [0.4, 0.5) is 5.82 Å². The van der Waals surface area contributed by atoms with Crippen molar-refractivity contribution in [2.45, 2.75) is 6.92 Å². The molecule has 13 heavy (non-hydrogen) atoms. The van der Waals surface area contributed by atoms with Gasteiger partial charge in [0.1, 0.15) is 6.07 Å². The lowest BCUT2D eigenvalue weighted by Gasteiger charge is -1.94. The Balaban J connectivity index is 2.82. The quantitative estimate of drug-likeness (QED) is 0.509. The van der Waals surface area contributed by atoms with E-state index in [9.17, 15) is 0 Å². The number of aromatic nitrogens is 2. The van der Waals surface area contributed by atoms with Crippen molar-refractivity contribution in [1.82, 2.24) is 9.97 Å². The van der Waals surface area contributed by atoms with Crippen LogP contribution < -0.4 is 0 Å². The van der Waals surface area contributed by atoms with Gasteiger partial charge in [-0.1, -0.05) is 0 Å². The molecular formula is C8H8N4O. The predicted molar refractivity (Wildman–Crippen MR) is 46.5 cm³/mol. The molecule has 1 aromatic rings. The molecule has 0 aliphatic rings. The molecule has 1 heterocycles. The largest absolute Gasteiger partial charge is 0.483 e. The maximum atomic E-state index is 8.61. The Bertz CT molecular complexity index is 342. The molecular weight excluding hydrogens is 168 g/mol. The van der Waals surface area contributed by atoms with Crippen LogP contribution in [-0.2, 0) is 4.74 Å². The molecule has 0 unspecified atom stereocenters. The van der Waals surface area contributed by atoms with Crippen molar-refractivity contribution in [1.29, 1.82) is 5.26 Å². The van der Waals surface area contributed by atoms with Gasteiger partial charge in [0.05, 0.1) is 6.61 Å². The van der Waals surface area contributed by atoms with E-state index in [2.05, 4.69) is 15.0 Å². The second kappa shape index (κ2) is 4.83. The Kier molecular flexibility index (Phi) is 3.39. The van der Waals surface area contributed by atoms with Gasteiger partial charge in [0, 0.05) is 12.4 Å². The van der Waals surface area contributed by atoms with Crippen molar-refractivity contribution in [3.8, 4) is 6.07 Å². The third kappa shape index (κ3) is 2.52. The van der Waals surface area contributed by atoms with Crippen LogP contribution >= 0.6 is 0 Å². The smallest absolute Gasteiger partial charge is 0.192 e. The van der Waals surface area contributed by atoms with Gasteiger partial charge in [-0.2, -0.15) is 10.3 Å². The maximum absolute atomic E-state index is 8.61. The minimum atomic E-state index is 0.193. The van der Waals surface area contributed by atoms with E-state index in [1.807, 2.05) is 13.0 Å². The first kappa shape index (κ1) is 9.13. The molecule has 0 aliphatic carbocycles. The zero-order valence-corrected chi connectivity index (χ0v) is 7.14. The topological polar surface area (TPSA) is 71.2 Å². The highest BCUT2D eigenvalue weighted by Crippen LogP contribution is 2.09. The lowest BCUT2D eigenvalue weighted by atomic mass is 10.4. The van der Waals surface area contributed by atoms with Gasteiger partial charge in [-0.05, 0) is 6.92 Å². The van der Waals surface area contributed by atoms with Crippen molar-refractivity contribution in [2.24, 2.45) is 4.99 Å². The molecule has 0 aliphatic heterocycles. The van der Waals surface area contributed by atoms with Gasteiger partial charge in [0.15, 0.2) is 17.9 Å². The van der Waals surface area contributed by atoms with Crippen molar-refractivity contribution in [2.75, 3.05) is 6.61 Å². The van der Waals surface area contributed by atoms with Gasteiger partial charge < -0.3 is 4.74 Å². The normalized spacial score (nSPS) is 9.85. The van der Waals surface area contributed by atoms with Crippen LogP contribution in [-0.4, -0.2) is 23.0 Å². The second-order valence-corrected chi connectivity index (χ2v) is 2.03. The van der Waals surface area contributed by atoms with Crippen LogP contribution in [0.5, 0.6) is 0 Å². The molecule has 0 bridgehead atoms. The molecule has 5 heteroatoms. The number of nitriles is 1. The molecule has 66 valence electrons. The van der Waals surface area contributed by atoms with E-state index in [1.165, 1.54) is 18.8 Å². The Labute approximate surface area is 75.7 Å². The average Bonchev–Trinajstić information content (AvgIpc) is 2.19. The summed E-state index contributed by atoms with van der Waals surface area (Å²) < 4.78 is 4.87. The molecule has 0 saturated heterocycles. The van der Waals surface area contributed by atoms with Crippen LogP contribution in [0, 0.1) is 11.3 Å². The van der Waals surface area contributed by atoms with E-state index in [4.69, 9.17) is 10.00 Å². The van der Waals surface area contributed by atoms with Crippen LogP contribution in [0.3, 0.4) is 0 Å². The fraction of sp³-hybridized carbons (Fsp3) is 0.250. The van der Waals surface area contributed by atoms with Gasteiger partial charge in [0.25, 0.3) is 0 Å². The first-order valence-electron chi connectivity index (χ1n) is 3.73. The molecule has 1 aromatic heterocycles. The number of hydrogen-bond donors (Lipinski definition) is 0. The zero-order chi connectivity index (χ0) is 9.52. The first-order chi connectivity index (χ1) is 6.38. The monoisotopic (exact) mass is 176 g/mol. The first-order valence-corrected chi connectivity index (χ1v) is 3.73. The van der Waals surface area contributed by atoms with Crippen molar-refractivity contribution in [3.63, 3.8) is 0 Å². The summed E-state index contributed by atoms with van der Waals surface area (Å²) in [7, 11) is 0. The summed E-state index contributed by atoms with van der Waals surface area (Å²) in [6, 6.07) is 1.88. The summed E-state index contributed by atoms with van der Waals surface area (Å²) >= 11 is 0. The molecule has 0 amide bonds. The summed E-state index contributed by atoms with van der Waals surface area (Å²) in [6.45, 7) is 2.37. The third-order valence-electron chi connectivity index (χ3n) is 1.20. The van der Waals surface area contributed by atoms with Crippen LogP contribution in [0.15, 0.2) is 17.4 Å². The Hall–Kier alpha value is -1.96. The van der Waals surface area contributed by atoms with E-state index in [-0.39, 0.29) is 11.5 Å². The fourth-order valence-corrected chi connectivity index (χ4v) is 0.666. The van der Waals surface area contributed by atoms with Crippen LogP contribution in [0.2, 0.25) is 0 Å². The summed E-state index contributed by atoms with van der Waals surface area (Å²) in [5.74, 6) is 0.276. The Morgan fingerprint density at radius 1 is 1.62 bits per heavy atom. The van der Waals surface area contributed by atoms with Crippen LogP contribution in [0.25, 0.3) is 0 Å². The van der Waals surface area contributed by atoms with Gasteiger partial charge in [0.2, 0.25) is 0 Å². The lowest BCUT2D eigenvalue weighted by molar-refractivity contribution is 0.344. The molecule has 0 radical (unpaired) electrons. The number of aliphatic imine (C=N–C) groups is 1. The van der Waals surface area contributed by atoms with Gasteiger partial charge in [-0.25, -0.2) is 9.97 Å². The van der Waals surface area contributed by atoms with Crippen molar-refractivity contribution < 1.29 is 4.74 Å². The van der Waals surface area contributed by atoms with Crippen LogP contribution in [0.1, 0.15) is 12.6 Å². The number of hydrogen-bond acceptors (Lipinski definition) is 5. The lowest BCUT2D eigenvalue weighted by Crippen LogP contribution is -1.88. The highest BCUT2D eigenvalue weighted by Gasteiger charge is 1.99. The number of nitrogens with zero attached hydrogens (tertiary/aromatic N) is 4.